The molecule has 2 heterocycles. The molecule has 7 nitrogen and oxygen atoms in total. The van der Waals surface area contributed by atoms with E-state index < -0.39 is 0 Å². The Morgan fingerprint density at radius 2 is 1.81 bits per heavy atom. The number of guanidine groups is 1. The number of amides is 2. The number of halogens is 1. The Hall–Kier alpha value is -1.84. The zero-order valence-electron chi connectivity index (χ0n) is 19.0. The summed E-state index contributed by atoms with van der Waals surface area (Å²) >= 11 is 0. The van der Waals surface area contributed by atoms with E-state index in [0.717, 1.165) is 62.5 Å². The molecule has 1 unspecified atom stereocenters. The number of aliphatic imine (C=N–C) groups is 1. The number of carbonyl (C=O) groups excluding carboxylic acids is 2. The van der Waals surface area contributed by atoms with Crippen LogP contribution < -0.4 is 15.5 Å². The third-order valence-corrected chi connectivity index (χ3v) is 6.80. The first-order valence-corrected chi connectivity index (χ1v) is 11.8. The number of benzene rings is 1. The van der Waals surface area contributed by atoms with Crippen molar-refractivity contribution in [1.29, 1.82) is 0 Å². The molecule has 1 atom stereocenters. The molecule has 8 heteroatoms. The van der Waals surface area contributed by atoms with Gasteiger partial charge in [-0.3, -0.25) is 14.6 Å². The van der Waals surface area contributed by atoms with Crippen molar-refractivity contribution in [1.82, 2.24) is 15.5 Å². The molecule has 0 aromatic heterocycles. The van der Waals surface area contributed by atoms with Crippen LogP contribution in [0.15, 0.2) is 29.3 Å². The van der Waals surface area contributed by atoms with Gasteiger partial charge in [0.15, 0.2) is 5.96 Å². The molecule has 4 rings (SSSR count). The molecular formula is C24H36IN5O2. The summed E-state index contributed by atoms with van der Waals surface area (Å²) in [5.74, 6) is 1.56. The fraction of sp³-hybridized carbons (Fsp3) is 0.625. The number of carbonyl (C=O) groups is 2. The van der Waals surface area contributed by atoms with Crippen LogP contribution in [-0.2, 0) is 16.1 Å². The highest BCUT2D eigenvalue weighted by molar-refractivity contribution is 14.0. The first-order chi connectivity index (χ1) is 15.1. The number of nitrogens with one attached hydrogen (secondary N) is 2. The van der Waals surface area contributed by atoms with Crippen LogP contribution in [0.25, 0.3) is 0 Å². The quantitative estimate of drug-likeness (QED) is 0.334. The number of nitrogens with zero attached hydrogens (tertiary/aromatic N) is 3. The summed E-state index contributed by atoms with van der Waals surface area (Å²) in [6.45, 7) is 3.06. The maximum Gasteiger partial charge on any atom is 0.227 e. The molecule has 1 aromatic carbocycles. The summed E-state index contributed by atoms with van der Waals surface area (Å²) in [7, 11) is 1.78. The Balaban J connectivity index is 0.00000289. The van der Waals surface area contributed by atoms with Gasteiger partial charge in [0, 0.05) is 57.3 Å². The van der Waals surface area contributed by atoms with Gasteiger partial charge in [0.25, 0.3) is 0 Å². The molecule has 2 aliphatic heterocycles. The van der Waals surface area contributed by atoms with Crippen molar-refractivity contribution < 1.29 is 9.59 Å². The topological polar surface area (TPSA) is 77.0 Å². The van der Waals surface area contributed by atoms with E-state index in [1.54, 1.807) is 7.05 Å². The third-order valence-electron chi connectivity index (χ3n) is 6.80. The van der Waals surface area contributed by atoms with Gasteiger partial charge >= 0.3 is 0 Å². The minimum atomic E-state index is 0. The smallest absolute Gasteiger partial charge is 0.227 e. The second-order valence-electron chi connectivity index (χ2n) is 8.99. The van der Waals surface area contributed by atoms with Gasteiger partial charge in [0.1, 0.15) is 0 Å². The van der Waals surface area contributed by atoms with Gasteiger partial charge < -0.3 is 20.4 Å². The molecule has 0 radical (unpaired) electrons. The predicted octanol–water partition coefficient (Wildman–Crippen LogP) is 3.28. The number of likely N-dealkylation sites (tertiary alicyclic amines) is 1. The minimum Gasteiger partial charge on any atom is -0.352 e. The Kier molecular flexibility index (Phi) is 9.19. The molecule has 3 fully saturated rings. The van der Waals surface area contributed by atoms with Gasteiger partial charge in [-0.25, -0.2) is 0 Å². The van der Waals surface area contributed by atoms with E-state index in [0.29, 0.717) is 18.9 Å². The molecule has 1 aromatic rings. The van der Waals surface area contributed by atoms with E-state index in [9.17, 15) is 9.59 Å². The van der Waals surface area contributed by atoms with Gasteiger partial charge in [-0.1, -0.05) is 31.4 Å². The van der Waals surface area contributed by atoms with Crippen LogP contribution in [0.1, 0.15) is 56.9 Å². The number of anilines is 1. The maximum absolute atomic E-state index is 12.8. The van der Waals surface area contributed by atoms with Gasteiger partial charge in [0.2, 0.25) is 11.8 Å². The molecule has 0 spiro atoms. The van der Waals surface area contributed by atoms with Crippen molar-refractivity contribution in [2.45, 2.75) is 64.0 Å². The monoisotopic (exact) mass is 553 g/mol. The number of rotatable bonds is 5. The fourth-order valence-electron chi connectivity index (χ4n) is 4.97. The Bertz CT molecular complexity index is 807. The lowest BCUT2D eigenvalue weighted by atomic mass is 9.88. The molecule has 2 amide bonds. The normalized spacial score (nSPS) is 22.1. The lowest BCUT2D eigenvalue weighted by molar-refractivity contribution is -0.135. The highest BCUT2D eigenvalue weighted by Crippen LogP contribution is 2.27. The van der Waals surface area contributed by atoms with Crippen LogP contribution in [-0.4, -0.2) is 55.4 Å². The van der Waals surface area contributed by atoms with Gasteiger partial charge in [-0.2, -0.15) is 0 Å². The Morgan fingerprint density at radius 3 is 2.47 bits per heavy atom. The van der Waals surface area contributed by atoms with E-state index >= 15 is 0 Å². The molecule has 3 aliphatic rings. The average molecular weight is 553 g/mol. The number of hydrogen-bond acceptors (Lipinski definition) is 3. The van der Waals surface area contributed by atoms with Gasteiger partial charge in [0.05, 0.1) is 0 Å². The second kappa shape index (κ2) is 11.9. The summed E-state index contributed by atoms with van der Waals surface area (Å²) in [6, 6.07) is 8.38. The Morgan fingerprint density at radius 1 is 1.06 bits per heavy atom. The van der Waals surface area contributed by atoms with E-state index in [-0.39, 0.29) is 41.8 Å². The SMILES string of the molecule is CN=C(NCc1ccc(N2CCCC2=O)cc1)NC1CCN(C(=O)C2CCCCC2)C1.I. The van der Waals surface area contributed by atoms with E-state index in [1.807, 2.05) is 21.9 Å². The lowest BCUT2D eigenvalue weighted by Crippen LogP contribution is -2.45. The van der Waals surface area contributed by atoms with Crippen LogP contribution >= 0.6 is 24.0 Å². The molecular weight excluding hydrogens is 517 g/mol. The van der Waals surface area contributed by atoms with Crippen LogP contribution in [0.5, 0.6) is 0 Å². The summed E-state index contributed by atoms with van der Waals surface area (Å²) in [6.07, 6.45) is 8.32. The minimum absolute atomic E-state index is 0. The van der Waals surface area contributed by atoms with Crippen molar-refractivity contribution in [3.63, 3.8) is 0 Å². The van der Waals surface area contributed by atoms with Crippen molar-refractivity contribution in [2.24, 2.45) is 10.9 Å². The van der Waals surface area contributed by atoms with Crippen LogP contribution in [0.2, 0.25) is 0 Å². The summed E-state index contributed by atoms with van der Waals surface area (Å²) in [5.41, 5.74) is 2.11. The Labute approximate surface area is 208 Å². The fourth-order valence-corrected chi connectivity index (χ4v) is 4.97. The standard InChI is InChI=1S/C24H35N5O2.HI/c1-25-24(26-16-18-9-11-21(12-10-18)29-14-5-8-22(29)30)27-20-13-15-28(17-20)23(31)19-6-3-2-4-7-19;/h9-12,19-20H,2-8,13-17H2,1H3,(H2,25,26,27);1H. The molecule has 2 saturated heterocycles. The summed E-state index contributed by atoms with van der Waals surface area (Å²) < 4.78 is 0. The highest BCUT2D eigenvalue weighted by atomic mass is 127. The largest absolute Gasteiger partial charge is 0.352 e. The zero-order valence-corrected chi connectivity index (χ0v) is 21.3. The molecule has 0 bridgehead atoms. The average Bonchev–Trinajstić information content (AvgIpc) is 3.46. The van der Waals surface area contributed by atoms with Crippen LogP contribution in [0, 0.1) is 5.92 Å². The first kappa shape index (κ1) is 24.8. The summed E-state index contributed by atoms with van der Waals surface area (Å²) in [4.78, 5) is 32.9. The third kappa shape index (κ3) is 6.14. The van der Waals surface area contributed by atoms with Crippen molar-refractivity contribution in [3.05, 3.63) is 29.8 Å². The lowest BCUT2D eigenvalue weighted by Gasteiger charge is -2.26. The van der Waals surface area contributed by atoms with Gasteiger partial charge in [-0.05, 0) is 43.4 Å². The van der Waals surface area contributed by atoms with E-state index in [4.69, 9.17) is 0 Å². The molecule has 32 heavy (non-hydrogen) atoms. The number of hydrogen-bond donors (Lipinski definition) is 2. The molecule has 1 aliphatic carbocycles. The van der Waals surface area contributed by atoms with Crippen molar-refractivity contribution >= 4 is 47.4 Å². The summed E-state index contributed by atoms with van der Waals surface area (Å²) in [5, 5.41) is 6.85. The van der Waals surface area contributed by atoms with Crippen molar-refractivity contribution in [3.8, 4) is 0 Å². The zero-order chi connectivity index (χ0) is 21.6. The molecule has 176 valence electrons. The predicted molar refractivity (Wildman–Crippen MR) is 138 cm³/mol. The van der Waals surface area contributed by atoms with Crippen LogP contribution in [0.4, 0.5) is 5.69 Å². The second-order valence-corrected chi connectivity index (χ2v) is 8.99. The van der Waals surface area contributed by atoms with Crippen LogP contribution in [0.3, 0.4) is 0 Å². The van der Waals surface area contributed by atoms with E-state index in [1.165, 1.54) is 19.3 Å². The molecule has 2 N–H and O–H groups in total. The van der Waals surface area contributed by atoms with Crippen molar-refractivity contribution in [2.75, 3.05) is 31.6 Å². The van der Waals surface area contributed by atoms with E-state index in [2.05, 4.69) is 27.8 Å². The first-order valence-electron chi connectivity index (χ1n) is 11.8. The highest BCUT2D eigenvalue weighted by Gasteiger charge is 2.31. The maximum atomic E-state index is 12.8. The molecule has 1 saturated carbocycles. The van der Waals surface area contributed by atoms with Gasteiger partial charge in [-0.15, -0.1) is 24.0 Å².